The number of aromatic hydroxyl groups is 1. The van der Waals surface area contributed by atoms with Crippen molar-refractivity contribution in [1.29, 1.82) is 0 Å². The van der Waals surface area contributed by atoms with Crippen molar-refractivity contribution in [3.05, 3.63) is 74.8 Å². The topological polar surface area (TPSA) is 141 Å². The van der Waals surface area contributed by atoms with Gasteiger partial charge in [-0.2, -0.15) is 9.61 Å². The zero-order valence-corrected chi connectivity index (χ0v) is 16.0. The summed E-state index contributed by atoms with van der Waals surface area (Å²) in [5.74, 6) is -1.15. The Morgan fingerprint density at radius 3 is 2.87 bits per heavy atom. The van der Waals surface area contributed by atoms with Crippen LogP contribution in [0.15, 0.2) is 46.3 Å². The molecule has 0 unspecified atom stereocenters. The van der Waals surface area contributed by atoms with Crippen LogP contribution in [0.4, 0.5) is 10.2 Å². The fraction of sp³-hybridized carbons (Fsp3) is 0.150. The zero-order chi connectivity index (χ0) is 21.5. The highest BCUT2D eigenvalue weighted by Gasteiger charge is 2.20. The van der Waals surface area contributed by atoms with Gasteiger partial charge < -0.3 is 15.4 Å². The number of nitrogens with one attached hydrogen (secondary N) is 3. The molecule has 1 fully saturated rings. The molecule has 156 valence electrons. The Hall–Kier alpha value is -4.28. The standard InChI is InChI=1S/C20H16FN7O3/c21-12-3-1-2-10(6-12)18(29)26-15-8-16(23-13-4-5-13)28-17(25-15)11(9-22-28)7-14-19(30)27-20(31)24-14/h1-3,6-9,13,30H,4-5H2,(H,26,29)(H2,24,27,31)/b11-7-,23-16?. The number of H-pyrrole nitrogens is 2. The number of hydrogen-bond donors (Lipinski definition) is 4. The molecule has 3 aromatic heterocycles. The second-order valence-corrected chi connectivity index (χ2v) is 7.15. The van der Waals surface area contributed by atoms with Gasteiger partial charge in [0.15, 0.2) is 11.1 Å². The smallest absolute Gasteiger partial charge is 0.326 e. The minimum absolute atomic E-state index is 0.150. The van der Waals surface area contributed by atoms with Crippen molar-refractivity contribution in [2.24, 2.45) is 4.99 Å². The molecule has 31 heavy (non-hydrogen) atoms. The van der Waals surface area contributed by atoms with E-state index in [1.807, 2.05) is 0 Å². The van der Waals surface area contributed by atoms with E-state index in [-0.39, 0.29) is 29.0 Å². The predicted octanol–water partition coefficient (Wildman–Crippen LogP) is 0.453. The Morgan fingerprint density at radius 2 is 2.16 bits per heavy atom. The summed E-state index contributed by atoms with van der Waals surface area (Å²) in [4.78, 5) is 37.7. The average Bonchev–Trinajstić information content (AvgIpc) is 3.37. The van der Waals surface area contributed by atoms with Crippen LogP contribution < -0.4 is 21.7 Å². The molecule has 1 saturated carbocycles. The zero-order valence-electron chi connectivity index (χ0n) is 16.0. The summed E-state index contributed by atoms with van der Waals surface area (Å²) in [5, 5.41) is 17.3. The lowest BCUT2D eigenvalue weighted by atomic mass is 10.2. The third-order valence-electron chi connectivity index (χ3n) is 4.71. The second-order valence-electron chi connectivity index (χ2n) is 7.15. The van der Waals surface area contributed by atoms with Crippen LogP contribution >= 0.6 is 0 Å². The molecule has 0 aliphatic heterocycles. The van der Waals surface area contributed by atoms with Crippen molar-refractivity contribution in [3.63, 3.8) is 0 Å². The summed E-state index contributed by atoms with van der Waals surface area (Å²) in [6.45, 7) is 0. The normalized spacial score (nSPS) is 15.0. The van der Waals surface area contributed by atoms with Crippen LogP contribution in [0.1, 0.15) is 28.9 Å². The molecule has 1 amide bonds. The number of nitrogens with zero attached hydrogens (tertiary/aromatic N) is 4. The number of imidazole rings is 1. The molecule has 1 aliphatic rings. The van der Waals surface area contributed by atoms with Crippen LogP contribution in [-0.2, 0) is 0 Å². The summed E-state index contributed by atoms with van der Waals surface area (Å²) >= 11 is 0. The van der Waals surface area contributed by atoms with Gasteiger partial charge in [0.25, 0.3) is 5.91 Å². The maximum absolute atomic E-state index is 13.5. The van der Waals surface area contributed by atoms with Gasteiger partial charge in [0, 0.05) is 16.8 Å². The second kappa shape index (κ2) is 7.20. The summed E-state index contributed by atoms with van der Waals surface area (Å²) in [6.07, 6.45) is 4.94. The van der Waals surface area contributed by atoms with E-state index in [2.05, 4.69) is 30.4 Å². The number of anilines is 1. The number of benzene rings is 1. The summed E-state index contributed by atoms with van der Waals surface area (Å²) in [7, 11) is 0. The summed E-state index contributed by atoms with van der Waals surface area (Å²) in [6, 6.07) is 7.10. The van der Waals surface area contributed by atoms with E-state index < -0.39 is 17.4 Å². The maximum atomic E-state index is 13.5. The van der Waals surface area contributed by atoms with Crippen LogP contribution in [0.3, 0.4) is 0 Å². The molecular formula is C20H16FN7O3. The molecule has 3 heterocycles. The molecule has 10 nitrogen and oxygen atoms in total. The first-order valence-electron chi connectivity index (χ1n) is 9.49. The molecule has 0 spiro atoms. The van der Waals surface area contributed by atoms with Gasteiger partial charge in [0.1, 0.15) is 17.3 Å². The monoisotopic (exact) mass is 421 g/mol. The summed E-state index contributed by atoms with van der Waals surface area (Å²) < 4.78 is 15.0. The van der Waals surface area contributed by atoms with Crippen molar-refractivity contribution in [2.45, 2.75) is 18.9 Å². The van der Waals surface area contributed by atoms with E-state index in [0.29, 0.717) is 16.4 Å². The lowest BCUT2D eigenvalue weighted by Crippen LogP contribution is -2.22. The highest BCUT2D eigenvalue weighted by atomic mass is 19.1. The lowest BCUT2D eigenvalue weighted by molar-refractivity contribution is 0.102. The van der Waals surface area contributed by atoms with Crippen molar-refractivity contribution in [3.8, 4) is 5.88 Å². The number of carbonyl (C=O) groups excluding carboxylic acids is 1. The predicted molar refractivity (Wildman–Crippen MR) is 108 cm³/mol. The number of aromatic nitrogens is 5. The molecule has 11 heteroatoms. The molecule has 1 aromatic carbocycles. The maximum Gasteiger partial charge on any atom is 0.326 e. The molecule has 4 aromatic rings. The molecule has 5 rings (SSSR count). The van der Waals surface area contributed by atoms with Gasteiger partial charge in [0.05, 0.1) is 12.2 Å². The number of aromatic amines is 2. The van der Waals surface area contributed by atoms with Crippen LogP contribution in [-0.4, -0.2) is 41.6 Å². The third kappa shape index (κ3) is 3.80. The van der Waals surface area contributed by atoms with Gasteiger partial charge in [-0.05, 0) is 37.1 Å². The lowest BCUT2D eigenvalue weighted by Gasteiger charge is -2.06. The molecular weight excluding hydrogens is 405 g/mol. The first-order chi connectivity index (χ1) is 15.0. The number of amides is 1. The molecule has 4 N–H and O–H groups in total. The van der Waals surface area contributed by atoms with Crippen LogP contribution in [0, 0.1) is 5.82 Å². The van der Waals surface area contributed by atoms with Crippen molar-refractivity contribution < 1.29 is 14.3 Å². The van der Waals surface area contributed by atoms with Gasteiger partial charge in [0.2, 0.25) is 5.88 Å². The first-order valence-corrected chi connectivity index (χ1v) is 9.49. The number of rotatable bonds is 4. The fourth-order valence-electron chi connectivity index (χ4n) is 3.08. The van der Waals surface area contributed by atoms with Crippen molar-refractivity contribution in [1.82, 2.24) is 24.6 Å². The number of carbonyl (C=O) groups is 1. The quantitative estimate of drug-likeness (QED) is 0.379. The third-order valence-corrected chi connectivity index (χ3v) is 4.71. The van der Waals surface area contributed by atoms with Crippen LogP contribution in [0.5, 0.6) is 5.88 Å². The molecule has 0 saturated heterocycles. The SMILES string of the molecule is O=C(Nc1cc(=NC2CC2)n2nc/c(=C/c3[nH]c(=O)[nH]c3O)c2n1)c1cccc(F)c1. The van der Waals surface area contributed by atoms with Gasteiger partial charge in [-0.3, -0.25) is 14.8 Å². The van der Waals surface area contributed by atoms with Crippen LogP contribution in [0.2, 0.25) is 0 Å². The molecule has 1 aliphatic carbocycles. The van der Waals surface area contributed by atoms with E-state index in [9.17, 15) is 19.1 Å². The Labute approximate surface area is 172 Å². The largest absolute Gasteiger partial charge is 0.493 e. The van der Waals surface area contributed by atoms with Gasteiger partial charge >= 0.3 is 5.69 Å². The van der Waals surface area contributed by atoms with E-state index in [4.69, 9.17) is 0 Å². The Balaban J connectivity index is 1.63. The number of fused-ring (bicyclic) bond motifs is 1. The minimum atomic E-state index is -0.555. The number of hydrogen-bond acceptors (Lipinski definition) is 6. The van der Waals surface area contributed by atoms with Crippen molar-refractivity contribution in [2.75, 3.05) is 5.32 Å². The molecule has 0 atom stereocenters. The van der Waals surface area contributed by atoms with E-state index in [0.717, 1.165) is 18.9 Å². The van der Waals surface area contributed by atoms with Gasteiger partial charge in [-0.15, -0.1) is 0 Å². The summed E-state index contributed by atoms with van der Waals surface area (Å²) in [5.41, 5.74) is 0.612. The first kappa shape index (κ1) is 18.7. The number of halogens is 1. The van der Waals surface area contributed by atoms with Gasteiger partial charge in [-0.1, -0.05) is 6.07 Å². The van der Waals surface area contributed by atoms with Crippen molar-refractivity contribution >= 4 is 23.4 Å². The average molecular weight is 421 g/mol. The highest BCUT2D eigenvalue weighted by Crippen LogP contribution is 2.22. The Bertz CT molecular complexity index is 1500. The molecule has 0 radical (unpaired) electrons. The fourth-order valence-corrected chi connectivity index (χ4v) is 3.08. The van der Waals surface area contributed by atoms with E-state index in [1.54, 1.807) is 6.07 Å². The Kier molecular flexibility index (Phi) is 4.35. The minimum Gasteiger partial charge on any atom is -0.493 e. The highest BCUT2D eigenvalue weighted by molar-refractivity contribution is 6.03. The van der Waals surface area contributed by atoms with E-state index in [1.165, 1.54) is 35.0 Å². The Morgan fingerprint density at radius 1 is 1.32 bits per heavy atom. The molecule has 0 bridgehead atoms. The van der Waals surface area contributed by atoms with Gasteiger partial charge in [-0.25, -0.2) is 14.2 Å². The van der Waals surface area contributed by atoms with E-state index >= 15 is 0 Å². The van der Waals surface area contributed by atoms with Crippen LogP contribution in [0.25, 0.3) is 11.7 Å².